The van der Waals surface area contributed by atoms with Crippen molar-refractivity contribution in [1.29, 1.82) is 0 Å². The van der Waals surface area contributed by atoms with E-state index >= 15 is 0 Å². The van der Waals surface area contributed by atoms with Crippen molar-refractivity contribution in [1.82, 2.24) is 5.32 Å². The predicted molar refractivity (Wildman–Crippen MR) is 145 cm³/mol. The standard InChI is InChI=1S/C30H31N3O4/c34-29(20-25-12-6-3-9-19-31-25)33-28(22-36-21-23-10-4-1-5-11-23)30(35)32-24-15-17-27(18-16-24)37-26-13-7-2-8-14-26/h1-2,4-5,7-8,10-19,28H,3,6,9,20-22H2,(H,32,35)(H,33,34). The Hall–Kier alpha value is -4.23. The first kappa shape index (κ1) is 25.9. The molecular formula is C30H31N3O4. The Bertz CT molecular complexity index is 1210. The van der Waals surface area contributed by atoms with Gasteiger partial charge >= 0.3 is 0 Å². The molecule has 0 bridgehead atoms. The summed E-state index contributed by atoms with van der Waals surface area (Å²) >= 11 is 0. The summed E-state index contributed by atoms with van der Waals surface area (Å²) in [4.78, 5) is 30.3. The normalized spacial score (nSPS) is 13.7. The summed E-state index contributed by atoms with van der Waals surface area (Å²) < 4.78 is 11.6. The second-order valence-corrected chi connectivity index (χ2v) is 8.66. The van der Waals surface area contributed by atoms with Crippen LogP contribution in [0.15, 0.2) is 102 Å². The second-order valence-electron chi connectivity index (χ2n) is 8.66. The number of aliphatic imine (C=N–C) groups is 1. The number of carbonyl (C=O) groups is 2. The van der Waals surface area contributed by atoms with Gasteiger partial charge in [0.1, 0.15) is 17.5 Å². The summed E-state index contributed by atoms with van der Waals surface area (Å²) in [5, 5.41) is 5.69. The lowest BCUT2D eigenvalue weighted by Crippen LogP contribution is -2.46. The van der Waals surface area contributed by atoms with Crippen molar-refractivity contribution in [3.05, 3.63) is 102 Å². The van der Waals surface area contributed by atoms with Crippen LogP contribution < -0.4 is 15.4 Å². The zero-order valence-corrected chi connectivity index (χ0v) is 20.6. The third kappa shape index (κ3) is 8.74. The Morgan fingerprint density at radius 1 is 0.865 bits per heavy atom. The predicted octanol–water partition coefficient (Wildman–Crippen LogP) is 5.65. The largest absolute Gasteiger partial charge is 0.457 e. The van der Waals surface area contributed by atoms with Gasteiger partial charge in [-0.05, 0) is 61.2 Å². The molecule has 1 unspecified atom stereocenters. The molecule has 2 N–H and O–H groups in total. The van der Waals surface area contributed by atoms with E-state index in [2.05, 4.69) is 15.6 Å². The lowest BCUT2D eigenvalue weighted by Gasteiger charge is -2.19. The third-order valence-electron chi connectivity index (χ3n) is 5.66. The van der Waals surface area contributed by atoms with Crippen LogP contribution in [0.3, 0.4) is 0 Å². The maximum Gasteiger partial charge on any atom is 0.249 e. The lowest BCUT2D eigenvalue weighted by atomic mass is 10.2. The first-order valence-corrected chi connectivity index (χ1v) is 12.4. The monoisotopic (exact) mass is 497 g/mol. The highest BCUT2D eigenvalue weighted by molar-refractivity contribution is 5.97. The number of benzene rings is 3. The molecule has 0 fully saturated rings. The molecule has 0 saturated heterocycles. The van der Waals surface area contributed by atoms with Crippen molar-refractivity contribution in [2.24, 2.45) is 4.99 Å². The van der Waals surface area contributed by atoms with Gasteiger partial charge in [0.05, 0.1) is 19.6 Å². The van der Waals surface area contributed by atoms with Crippen molar-refractivity contribution >= 4 is 23.7 Å². The van der Waals surface area contributed by atoms with Crippen molar-refractivity contribution < 1.29 is 19.1 Å². The van der Waals surface area contributed by atoms with Crippen LogP contribution in [0.2, 0.25) is 0 Å². The van der Waals surface area contributed by atoms with Gasteiger partial charge in [0.2, 0.25) is 11.8 Å². The minimum atomic E-state index is -0.869. The molecule has 37 heavy (non-hydrogen) atoms. The molecule has 1 aliphatic heterocycles. The van der Waals surface area contributed by atoms with Gasteiger partial charge in [-0.2, -0.15) is 0 Å². The molecule has 0 aromatic heterocycles. The topological polar surface area (TPSA) is 89.0 Å². The summed E-state index contributed by atoms with van der Waals surface area (Å²) in [6, 6.07) is 25.3. The fourth-order valence-electron chi connectivity index (χ4n) is 3.75. The average molecular weight is 498 g/mol. The lowest BCUT2D eigenvalue weighted by molar-refractivity contribution is -0.127. The molecular weight excluding hydrogens is 466 g/mol. The summed E-state index contributed by atoms with van der Waals surface area (Å²) in [5.74, 6) is 0.736. The highest BCUT2D eigenvalue weighted by atomic mass is 16.5. The second kappa shape index (κ2) is 13.8. The van der Waals surface area contributed by atoms with Gasteiger partial charge in [-0.15, -0.1) is 0 Å². The molecule has 1 atom stereocenters. The van der Waals surface area contributed by atoms with Gasteiger partial charge in [0.15, 0.2) is 0 Å². The Morgan fingerprint density at radius 3 is 2.32 bits per heavy atom. The molecule has 7 heteroatoms. The van der Waals surface area contributed by atoms with Crippen LogP contribution in [-0.2, 0) is 20.9 Å². The Morgan fingerprint density at radius 2 is 1.57 bits per heavy atom. The van der Waals surface area contributed by atoms with Crippen molar-refractivity contribution in [3.8, 4) is 11.5 Å². The average Bonchev–Trinajstić information content (AvgIpc) is 3.19. The van der Waals surface area contributed by atoms with E-state index in [0.717, 1.165) is 30.6 Å². The molecule has 190 valence electrons. The van der Waals surface area contributed by atoms with Crippen LogP contribution >= 0.6 is 0 Å². The van der Waals surface area contributed by atoms with Gasteiger partial charge in [-0.25, -0.2) is 0 Å². The number of nitrogens with one attached hydrogen (secondary N) is 2. The Labute approximate surface area is 217 Å². The zero-order chi connectivity index (χ0) is 25.7. The summed E-state index contributed by atoms with van der Waals surface area (Å²) in [6.45, 7) is 0.367. The van der Waals surface area contributed by atoms with E-state index in [4.69, 9.17) is 9.47 Å². The highest BCUT2D eigenvalue weighted by Crippen LogP contribution is 2.22. The molecule has 0 aliphatic carbocycles. The number of para-hydroxylation sites is 1. The van der Waals surface area contributed by atoms with E-state index in [-0.39, 0.29) is 24.8 Å². The number of hydrogen-bond donors (Lipinski definition) is 2. The van der Waals surface area contributed by atoms with Gasteiger partial charge < -0.3 is 20.1 Å². The Kier molecular flexibility index (Phi) is 9.61. The number of nitrogens with zero attached hydrogens (tertiary/aromatic N) is 1. The molecule has 2 amide bonds. The summed E-state index contributed by atoms with van der Waals surface area (Å²) in [7, 11) is 0. The van der Waals surface area contributed by atoms with E-state index in [1.807, 2.05) is 73.0 Å². The number of hydrogen-bond acceptors (Lipinski definition) is 5. The molecule has 0 spiro atoms. The van der Waals surface area contributed by atoms with Gasteiger partial charge in [-0.1, -0.05) is 54.6 Å². The number of ether oxygens (including phenoxy) is 2. The van der Waals surface area contributed by atoms with Gasteiger partial charge in [0.25, 0.3) is 0 Å². The first-order valence-electron chi connectivity index (χ1n) is 12.4. The van der Waals surface area contributed by atoms with Crippen LogP contribution in [-0.4, -0.2) is 30.7 Å². The quantitative estimate of drug-likeness (QED) is 0.358. The smallest absolute Gasteiger partial charge is 0.249 e. The SMILES string of the molecule is O=C(CC1=CCCCC=N1)NC(COCc1ccccc1)C(=O)Nc1ccc(Oc2ccccc2)cc1. The molecule has 3 aromatic rings. The van der Waals surface area contributed by atoms with Crippen LogP contribution in [0.1, 0.15) is 31.2 Å². The number of allylic oxidation sites excluding steroid dienone is 1. The van der Waals surface area contributed by atoms with E-state index < -0.39 is 6.04 Å². The fourth-order valence-corrected chi connectivity index (χ4v) is 3.75. The van der Waals surface area contributed by atoms with Crippen LogP contribution in [0.25, 0.3) is 0 Å². The minimum Gasteiger partial charge on any atom is -0.457 e. The van der Waals surface area contributed by atoms with E-state index in [9.17, 15) is 9.59 Å². The summed E-state index contributed by atoms with van der Waals surface area (Å²) in [6.07, 6.45) is 6.73. The fraction of sp³-hybridized carbons (Fsp3) is 0.233. The van der Waals surface area contributed by atoms with Gasteiger partial charge in [-0.3, -0.25) is 14.6 Å². The van der Waals surface area contributed by atoms with Crippen LogP contribution in [0.5, 0.6) is 11.5 Å². The maximum atomic E-state index is 13.1. The summed E-state index contributed by atoms with van der Waals surface area (Å²) in [5.41, 5.74) is 2.29. The van der Waals surface area contributed by atoms with Gasteiger partial charge in [0, 0.05) is 17.6 Å². The number of carbonyl (C=O) groups excluding carboxylic acids is 2. The molecule has 1 aliphatic rings. The van der Waals surface area contributed by atoms with Crippen LogP contribution in [0, 0.1) is 0 Å². The van der Waals surface area contributed by atoms with E-state index in [1.54, 1.807) is 24.3 Å². The molecule has 0 radical (unpaired) electrons. The molecule has 7 nitrogen and oxygen atoms in total. The highest BCUT2D eigenvalue weighted by Gasteiger charge is 2.22. The zero-order valence-electron chi connectivity index (χ0n) is 20.6. The Balaban J connectivity index is 1.37. The maximum absolute atomic E-state index is 13.1. The molecule has 0 saturated carbocycles. The molecule has 1 heterocycles. The number of amides is 2. The number of anilines is 1. The van der Waals surface area contributed by atoms with E-state index in [0.29, 0.717) is 23.7 Å². The van der Waals surface area contributed by atoms with Crippen molar-refractivity contribution in [2.45, 2.75) is 38.3 Å². The van der Waals surface area contributed by atoms with Crippen LogP contribution in [0.4, 0.5) is 5.69 Å². The van der Waals surface area contributed by atoms with Crippen molar-refractivity contribution in [2.75, 3.05) is 11.9 Å². The minimum absolute atomic E-state index is 0.0317. The van der Waals surface area contributed by atoms with Crippen molar-refractivity contribution in [3.63, 3.8) is 0 Å². The molecule has 3 aromatic carbocycles. The van der Waals surface area contributed by atoms with E-state index in [1.165, 1.54) is 0 Å². The third-order valence-corrected chi connectivity index (χ3v) is 5.66. The first-order chi connectivity index (χ1) is 18.2. The number of rotatable bonds is 11. The molecule has 4 rings (SSSR count).